The lowest BCUT2D eigenvalue weighted by Crippen LogP contribution is -2.49. The molecule has 2 N–H and O–H groups in total. The van der Waals surface area contributed by atoms with Crippen LogP contribution in [0.25, 0.3) is 0 Å². The smallest absolute Gasteiger partial charge is 0.344 e. The van der Waals surface area contributed by atoms with Crippen molar-refractivity contribution in [3.05, 3.63) is 0 Å². The first-order valence-corrected chi connectivity index (χ1v) is 17.1. The molecule has 0 aromatic carbocycles. The van der Waals surface area contributed by atoms with Crippen LogP contribution in [-0.4, -0.2) is 79.4 Å². The number of aliphatic hydroxyl groups excluding tert-OH is 2. The molecule has 1 saturated heterocycles. The molecule has 1 heterocycles. The summed E-state index contributed by atoms with van der Waals surface area (Å²) in [5.41, 5.74) is 0. The van der Waals surface area contributed by atoms with E-state index in [0.29, 0.717) is 12.5 Å². The number of ether oxygens (including phenoxy) is 2. The van der Waals surface area contributed by atoms with Gasteiger partial charge in [-0.1, -0.05) is 0 Å². The largest absolute Gasteiger partial charge is 0.449 e. The fraction of sp³-hybridized carbons (Fsp3) is 0.867. The third kappa shape index (κ3) is 7.31. The highest BCUT2D eigenvalue weighted by Crippen LogP contribution is 2.23. The van der Waals surface area contributed by atoms with Gasteiger partial charge in [0, 0.05) is 6.61 Å². The van der Waals surface area contributed by atoms with E-state index in [9.17, 15) is 14.7 Å². The van der Waals surface area contributed by atoms with E-state index in [4.69, 9.17) is 22.8 Å². The normalized spacial score (nSPS) is 24.7. The number of carbonyl (C=O) groups excluding carboxylic acids is 2. The van der Waals surface area contributed by atoms with Crippen LogP contribution in [0.1, 0.15) is 6.42 Å². The number of hydrogen-bond donors (Lipinski definition) is 2. The fourth-order valence-corrected chi connectivity index (χ4v) is 13.6. The Morgan fingerprint density at radius 1 is 1.23 bits per heavy atom. The summed E-state index contributed by atoms with van der Waals surface area (Å²) in [6.07, 6.45) is -3.54. The molecule has 0 amide bonds. The third-order valence-corrected chi connectivity index (χ3v) is 12.3. The monoisotopic (exact) mass is 423 g/mol. The minimum Gasteiger partial charge on any atom is -0.449 e. The first-order chi connectivity index (χ1) is 11.9. The first-order valence-electron chi connectivity index (χ1n) is 8.72. The Balaban J connectivity index is 2.55. The van der Waals surface area contributed by atoms with Crippen LogP contribution in [0.4, 0.5) is 0 Å². The van der Waals surface area contributed by atoms with Crippen LogP contribution in [0.5, 0.6) is 0 Å². The van der Waals surface area contributed by atoms with Gasteiger partial charge in [-0.15, -0.1) is 0 Å². The summed E-state index contributed by atoms with van der Waals surface area (Å²) < 4.78 is 22.7. The second-order valence-corrected chi connectivity index (χ2v) is 18.2. The minimum atomic E-state index is -2.34. The molecule has 1 aliphatic heterocycles. The van der Waals surface area contributed by atoms with Gasteiger partial charge >= 0.3 is 14.5 Å². The number of cyclic esters (lactones) is 1. The zero-order chi connectivity index (χ0) is 20.1. The summed E-state index contributed by atoms with van der Waals surface area (Å²) >= 11 is 0. The van der Waals surface area contributed by atoms with E-state index in [1.807, 2.05) is 6.55 Å². The third-order valence-electron chi connectivity index (χ3n) is 3.53. The highest BCUT2D eigenvalue weighted by atomic mass is 28.5. The van der Waals surface area contributed by atoms with Gasteiger partial charge < -0.3 is 27.9 Å². The van der Waals surface area contributed by atoms with Gasteiger partial charge in [-0.2, -0.15) is 0 Å². The maximum Gasteiger partial charge on any atom is 0.344 e. The first kappa shape index (κ1) is 23.6. The van der Waals surface area contributed by atoms with Gasteiger partial charge in [0.15, 0.2) is 23.5 Å². The molecular weight excluding hydrogens is 392 g/mol. The SMILES string of the molecule is C[Si](C)O[Si](C)(CCCOC1C(=O)OC(C(O)CO)C1=O)O[Si](C)(C)C. The molecule has 0 aromatic heterocycles. The number of hydrogen-bond acceptors (Lipinski definition) is 8. The van der Waals surface area contributed by atoms with Gasteiger partial charge in [-0.3, -0.25) is 4.79 Å². The van der Waals surface area contributed by atoms with Crippen molar-refractivity contribution in [2.24, 2.45) is 0 Å². The average molecular weight is 424 g/mol. The maximum absolute atomic E-state index is 12.1. The van der Waals surface area contributed by atoms with Crippen molar-refractivity contribution < 1.29 is 37.5 Å². The molecule has 1 radical (unpaired) electrons. The predicted octanol–water partition coefficient (Wildman–Crippen LogP) is 0.801. The van der Waals surface area contributed by atoms with E-state index in [0.717, 1.165) is 0 Å². The van der Waals surface area contributed by atoms with Crippen molar-refractivity contribution >= 4 is 37.7 Å². The molecule has 11 heteroatoms. The molecule has 4 atom stereocenters. The van der Waals surface area contributed by atoms with E-state index in [2.05, 4.69) is 32.7 Å². The number of aliphatic hydroxyl groups is 2. The standard InChI is InChI=1S/C15H31O8Si3/c1-24(2)22-26(6,23-25(3,4)5)9-7-8-20-14-12(18)13(11(17)10-16)21-15(14)19/h11,13-14,16-17H,7-10H2,1-6H3. The molecule has 4 unspecified atom stereocenters. The Labute approximate surface area is 158 Å². The van der Waals surface area contributed by atoms with Crippen LogP contribution in [0, 0.1) is 0 Å². The van der Waals surface area contributed by atoms with Gasteiger partial charge in [-0.05, 0) is 51.7 Å². The molecule has 0 saturated carbocycles. The number of carbonyl (C=O) groups is 2. The van der Waals surface area contributed by atoms with Crippen molar-refractivity contribution in [1.29, 1.82) is 0 Å². The summed E-state index contributed by atoms with van der Waals surface area (Å²) in [7, 11) is -5.02. The summed E-state index contributed by atoms with van der Waals surface area (Å²) in [6, 6.07) is 0.700. The number of esters is 1. The maximum atomic E-state index is 12.1. The second kappa shape index (κ2) is 9.68. The zero-order valence-electron chi connectivity index (χ0n) is 16.4. The number of Topliss-reactive ketones (excluding diaryl/α,β-unsaturated/α-hetero) is 1. The Kier molecular flexibility index (Phi) is 8.80. The van der Waals surface area contributed by atoms with Crippen LogP contribution in [0.2, 0.25) is 45.3 Å². The van der Waals surface area contributed by atoms with Gasteiger partial charge in [0.1, 0.15) is 6.10 Å². The predicted molar refractivity (Wildman–Crippen MR) is 102 cm³/mol. The molecule has 1 aliphatic rings. The van der Waals surface area contributed by atoms with E-state index in [1.165, 1.54) is 0 Å². The molecule has 0 spiro atoms. The number of ketones is 1. The highest BCUT2D eigenvalue weighted by Gasteiger charge is 2.47. The zero-order valence-corrected chi connectivity index (χ0v) is 19.4. The van der Waals surface area contributed by atoms with Crippen molar-refractivity contribution in [3.63, 3.8) is 0 Å². The second-order valence-electron chi connectivity index (χ2n) is 7.72. The van der Waals surface area contributed by atoms with Gasteiger partial charge in [0.25, 0.3) is 0 Å². The lowest BCUT2D eigenvalue weighted by atomic mass is 10.1. The fourth-order valence-electron chi connectivity index (χ4n) is 2.82. The Bertz CT molecular complexity index is 496. The summed E-state index contributed by atoms with van der Waals surface area (Å²) in [5, 5.41) is 18.4. The molecular formula is C15H31O8Si3. The van der Waals surface area contributed by atoms with Crippen molar-refractivity contribution in [1.82, 2.24) is 0 Å². The van der Waals surface area contributed by atoms with Crippen LogP contribution in [-0.2, 0) is 27.3 Å². The lowest BCUT2D eigenvalue weighted by molar-refractivity contribution is -0.153. The molecule has 0 aliphatic carbocycles. The summed E-state index contributed by atoms with van der Waals surface area (Å²) in [5.74, 6) is -1.48. The van der Waals surface area contributed by atoms with E-state index in [1.54, 1.807) is 0 Å². The highest BCUT2D eigenvalue weighted by molar-refractivity contribution is 6.84. The van der Waals surface area contributed by atoms with Gasteiger partial charge in [-0.25, -0.2) is 4.79 Å². The summed E-state index contributed by atoms with van der Waals surface area (Å²) in [6.45, 7) is 12.1. The lowest BCUT2D eigenvalue weighted by Gasteiger charge is -2.35. The van der Waals surface area contributed by atoms with Crippen molar-refractivity contribution in [2.45, 2.75) is 70.1 Å². The Morgan fingerprint density at radius 2 is 1.85 bits per heavy atom. The Morgan fingerprint density at radius 3 is 2.35 bits per heavy atom. The summed E-state index contributed by atoms with van der Waals surface area (Å²) in [4.78, 5) is 23.8. The molecule has 26 heavy (non-hydrogen) atoms. The molecule has 8 nitrogen and oxygen atoms in total. The van der Waals surface area contributed by atoms with Crippen molar-refractivity contribution in [3.8, 4) is 0 Å². The average Bonchev–Trinajstić information content (AvgIpc) is 2.75. The van der Waals surface area contributed by atoms with E-state index < -0.39 is 62.6 Å². The van der Waals surface area contributed by atoms with Crippen molar-refractivity contribution in [2.75, 3.05) is 13.2 Å². The van der Waals surface area contributed by atoms with Gasteiger partial charge in [0.05, 0.1) is 6.61 Å². The molecule has 1 rings (SSSR count). The topological polar surface area (TPSA) is 112 Å². The molecule has 1 fully saturated rings. The molecule has 0 bridgehead atoms. The molecule has 151 valence electrons. The number of rotatable bonds is 11. The van der Waals surface area contributed by atoms with Gasteiger partial charge in [0.2, 0.25) is 11.9 Å². The Hall–Kier alpha value is -0.409. The van der Waals surface area contributed by atoms with E-state index in [-0.39, 0.29) is 6.61 Å². The minimum absolute atomic E-state index is 0.184. The van der Waals surface area contributed by atoms with Crippen LogP contribution < -0.4 is 0 Å². The quantitative estimate of drug-likeness (QED) is 0.217. The van der Waals surface area contributed by atoms with Crippen LogP contribution >= 0.6 is 0 Å². The van der Waals surface area contributed by atoms with Crippen LogP contribution in [0.3, 0.4) is 0 Å². The molecule has 0 aromatic rings. The van der Waals surface area contributed by atoms with Crippen LogP contribution in [0.15, 0.2) is 0 Å². The van der Waals surface area contributed by atoms with E-state index >= 15 is 0 Å².